The maximum atomic E-state index is 13.1. The summed E-state index contributed by atoms with van der Waals surface area (Å²) in [6.45, 7) is 4.86. The zero-order valence-corrected chi connectivity index (χ0v) is 15.5. The maximum absolute atomic E-state index is 13.1. The Hall–Kier alpha value is -2.54. The Balaban J connectivity index is 2.13. The van der Waals surface area contributed by atoms with Gasteiger partial charge in [-0.1, -0.05) is 29.3 Å². The molecule has 0 aliphatic heterocycles. The molecular formula is C19H17ClF3NO3. The molecule has 1 amide bonds. The highest BCUT2D eigenvalue weighted by atomic mass is 35.5. The lowest BCUT2D eigenvalue weighted by molar-refractivity contribution is -0.137. The third-order valence-corrected chi connectivity index (χ3v) is 4.03. The molecule has 0 spiro atoms. The van der Waals surface area contributed by atoms with Crippen LogP contribution in [0.25, 0.3) is 0 Å². The molecule has 1 N–H and O–H groups in total. The molecule has 2 aromatic rings. The fourth-order valence-electron chi connectivity index (χ4n) is 2.41. The van der Waals surface area contributed by atoms with E-state index >= 15 is 0 Å². The minimum atomic E-state index is -4.70. The van der Waals surface area contributed by atoms with Crippen LogP contribution in [0.15, 0.2) is 36.4 Å². The average Bonchev–Trinajstić information content (AvgIpc) is 2.55. The predicted molar refractivity (Wildman–Crippen MR) is 95.9 cm³/mol. The normalized spacial score (nSPS) is 12.4. The van der Waals surface area contributed by atoms with Crippen molar-refractivity contribution in [1.82, 2.24) is 0 Å². The summed E-state index contributed by atoms with van der Waals surface area (Å²) in [5, 5.41) is 2.01. The topological polar surface area (TPSA) is 55.4 Å². The number of carbonyl (C=O) groups excluding carboxylic acids is 2. The van der Waals surface area contributed by atoms with Crippen LogP contribution >= 0.6 is 11.6 Å². The van der Waals surface area contributed by atoms with Crippen LogP contribution in [-0.2, 0) is 15.7 Å². The summed E-state index contributed by atoms with van der Waals surface area (Å²) in [5.74, 6) is -1.62. The maximum Gasteiger partial charge on any atom is 0.418 e. The van der Waals surface area contributed by atoms with Crippen LogP contribution in [0.4, 0.5) is 18.9 Å². The lowest BCUT2D eigenvalue weighted by Crippen LogP contribution is -2.31. The first-order valence-electron chi connectivity index (χ1n) is 7.95. The zero-order valence-electron chi connectivity index (χ0n) is 14.8. The summed E-state index contributed by atoms with van der Waals surface area (Å²) in [6.07, 6.45) is -6.00. The Morgan fingerprint density at radius 3 is 2.37 bits per heavy atom. The summed E-state index contributed by atoms with van der Waals surface area (Å²) in [6, 6.07) is 8.05. The number of rotatable bonds is 4. The minimum absolute atomic E-state index is 0.116. The largest absolute Gasteiger partial charge is 0.449 e. The van der Waals surface area contributed by atoms with Gasteiger partial charge in [-0.3, -0.25) is 4.79 Å². The first kappa shape index (κ1) is 20.8. The van der Waals surface area contributed by atoms with Gasteiger partial charge in [0, 0.05) is 5.02 Å². The van der Waals surface area contributed by atoms with Gasteiger partial charge in [0.15, 0.2) is 6.10 Å². The molecule has 0 heterocycles. The lowest BCUT2D eigenvalue weighted by Gasteiger charge is -2.17. The zero-order chi connectivity index (χ0) is 20.4. The molecule has 1 unspecified atom stereocenters. The van der Waals surface area contributed by atoms with Crippen LogP contribution in [0.3, 0.4) is 0 Å². The third kappa shape index (κ3) is 5.23. The number of hydrogen-bond donors (Lipinski definition) is 1. The first-order valence-corrected chi connectivity index (χ1v) is 8.32. The molecule has 0 aliphatic rings. The number of hydrogen-bond acceptors (Lipinski definition) is 3. The van der Waals surface area contributed by atoms with Crippen molar-refractivity contribution >= 4 is 29.2 Å². The second-order valence-electron chi connectivity index (χ2n) is 6.04. The number of amides is 1. The van der Waals surface area contributed by atoms with E-state index < -0.39 is 35.4 Å². The minimum Gasteiger partial charge on any atom is -0.449 e. The number of alkyl halides is 3. The smallest absolute Gasteiger partial charge is 0.418 e. The van der Waals surface area contributed by atoms with Crippen molar-refractivity contribution in [1.29, 1.82) is 0 Å². The number of carbonyl (C=O) groups is 2. The van der Waals surface area contributed by atoms with E-state index in [1.54, 1.807) is 25.1 Å². The number of esters is 1. The summed E-state index contributed by atoms with van der Waals surface area (Å²) in [7, 11) is 0. The third-order valence-electron chi connectivity index (χ3n) is 3.80. The van der Waals surface area contributed by atoms with Gasteiger partial charge >= 0.3 is 12.1 Å². The molecule has 0 aliphatic carbocycles. The van der Waals surface area contributed by atoms with Gasteiger partial charge in [0.05, 0.1) is 16.8 Å². The molecule has 0 radical (unpaired) electrons. The first-order chi connectivity index (χ1) is 12.5. The molecule has 0 aromatic heterocycles. The van der Waals surface area contributed by atoms with E-state index in [2.05, 4.69) is 5.32 Å². The van der Waals surface area contributed by atoms with Crippen LogP contribution in [0.1, 0.15) is 34.0 Å². The number of ether oxygens (including phenoxy) is 1. The van der Waals surface area contributed by atoms with Gasteiger partial charge in [-0.05, 0) is 50.6 Å². The van der Waals surface area contributed by atoms with Gasteiger partial charge in [-0.25, -0.2) is 4.79 Å². The van der Waals surface area contributed by atoms with Crippen molar-refractivity contribution in [3.05, 3.63) is 63.7 Å². The molecule has 144 valence electrons. The highest BCUT2D eigenvalue weighted by molar-refractivity contribution is 6.30. The van der Waals surface area contributed by atoms with Gasteiger partial charge < -0.3 is 10.1 Å². The Bertz CT molecular complexity index is 881. The molecule has 2 rings (SSSR count). The van der Waals surface area contributed by atoms with Crippen LogP contribution in [0.2, 0.25) is 5.02 Å². The molecule has 8 heteroatoms. The van der Waals surface area contributed by atoms with Crippen molar-refractivity contribution in [2.75, 3.05) is 5.32 Å². The molecule has 0 saturated carbocycles. The van der Waals surface area contributed by atoms with Crippen LogP contribution in [-0.4, -0.2) is 18.0 Å². The predicted octanol–water partition coefficient (Wildman–Crippen LogP) is 5.16. The van der Waals surface area contributed by atoms with Crippen molar-refractivity contribution in [2.45, 2.75) is 33.1 Å². The molecule has 2 aromatic carbocycles. The molecule has 1 atom stereocenters. The number of anilines is 1. The van der Waals surface area contributed by atoms with Crippen LogP contribution in [0, 0.1) is 13.8 Å². The summed E-state index contributed by atoms with van der Waals surface area (Å²) in [5.41, 5.74) is 0.354. The van der Waals surface area contributed by atoms with Crippen LogP contribution < -0.4 is 5.32 Å². The van der Waals surface area contributed by atoms with Gasteiger partial charge in [-0.2, -0.15) is 13.2 Å². The second-order valence-corrected chi connectivity index (χ2v) is 6.48. The van der Waals surface area contributed by atoms with Gasteiger partial charge in [0.25, 0.3) is 5.91 Å². The van der Waals surface area contributed by atoms with Crippen molar-refractivity contribution in [3.63, 3.8) is 0 Å². The average molecular weight is 400 g/mol. The summed E-state index contributed by atoms with van der Waals surface area (Å²) < 4.78 is 44.4. The van der Waals surface area contributed by atoms with Crippen molar-refractivity contribution in [3.8, 4) is 0 Å². The van der Waals surface area contributed by atoms with Crippen LogP contribution in [0.5, 0.6) is 0 Å². The molecule has 0 fully saturated rings. The fraction of sp³-hybridized carbons (Fsp3) is 0.263. The highest BCUT2D eigenvalue weighted by Crippen LogP contribution is 2.36. The van der Waals surface area contributed by atoms with Gasteiger partial charge in [0.2, 0.25) is 0 Å². The summed E-state index contributed by atoms with van der Waals surface area (Å²) in [4.78, 5) is 24.4. The second kappa shape index (κ2) is 8.00. The number of nitrogens with one attached hydrogen (secondary N) is 1. The lowest BCUT2D eigenvalue weighted by atomic mass is 10.1. The number of aryl methyl sites for hydroxylation is 2. The van der Waals surface area contributed by atoms with E-state index in [0.29, 0.717) is 11.6 Å². The quantitative estimate of drug-likeness (QED) is 0.722. The monoisotopic (exact) mass is 399 g/mol. The molecule has 4 nitrogen and oxygen atoms in total. The van der Waals surface area contributed by atoms with E-state index in [9.17, 15) is 22.8 Å². The molecule has 0 saturated heterocycles. The highest BCUT2D eigenvalue weighted by Gasteiger charge is 2.34. The Kier molecular flexibility index (Phi) is 6.15. The van der Waals surface area contributed by atoms with E-state index in [4.69, 9.17) is 16.3 Å². The van der Waals surface area contributed by atoms with E-state index in [-0.39, 0.29) is 10.6 Å². The van der Waals surface area contributed by atoms with E-state index in [1.807, 2.05) is 6.92 Å². The summed E-state index contributed by atoms with van der Waals surface area (Å²) >= 11 is 5.60. The Morgan fingerprint density at radius 1 is 1.11 bits per heavy atom. The van der Waals surface area contributed by atoms with Gasteiger partial charge in [-0.15, -0.1) is 0 Å². The van der Waals surface area contributed by atoms with Gasteiger partial charge in [0.1, 0.15) is 0 Å². The molecule has 27 heavy (non-hydrogen) atoms. The fourth-order valence-corrected chi connectivity index (χ4v) is 2.59. The van der Waals surface area contributed by atoms with E-state index in [1.165, 1.54) is 13.0 Å². The molecule has 0 bridgehead atoms. The SMILES string of the molecule is Cc1ccc(C(=O)OC(C)C(=O)Nc2ccc(Cl)cc2C(F)(F)F)c(C)c1. The Labute approximate surface area is 159 Å². The molecular weight excluding hydrogens is 383 g/mol. The van der Waals surface area contributed by atoms with Crippen molar-refractivity contribution < 1.29 is 27.5 Å². The Morgan fingerprint density at radius 2 is 1.78 bits per heavy atom. The number of benzene rings is 2. The standard InChI is InChI=1S/C19H17ClF3NO3/c1-10-4-6-14(11(2)8-10)18(26)27-12(3)17(25)24-16-7-5-13(20)9-15(16)19(21,22)23/h4-9,12H,1-3H3,(H,24,25). The number of halogens is 4. The van der Waals surface area contributed by atoms with Crippen molar-refractivity contribution in [2.24, 2.45) is 0 Å². The van der Waals surface area contributed by atoms with E-state index in [0.717, 1.165) is 11.6 Å².